The van der Waals surface area contributed by atoms with Crippen LogP contribution in [0.3, 0.4) is 0 Å². The third-order valence-corrected chi connectivity index (χ3v) is 4.48. The number of carboxylic acid groups (broad SMARTS) is 1. The Morgan fingerprint density at radius 1 is 1.23 bits per heavy atom. The van der Waals surface area contributed by atoms with Gasteiger partial charge in [-0.25, -0.2) is 4.79 Å². The number of hydrogen-bond donors (Lipinski definition) is 2. The van der Waals surface area contributed by atoms with Crippen LogP contribution in [0.1, 0.15) is 28.8 Å². The molecular formula is C17H23N3O2. The Morgan fingerprint density at radius 2 is 2.00 bits per heavy atom. The SMILES string of the molecule is NCCn1cc(CCN2CCCC2)c2cccc(C(=O)O)c21. The molecule has 0 atom stereocenters. The minimum atomic E-state index is -0.881. The number of nitrogens with zero attached hydrogens (tertiary/aromatic N) is 2. The van der Waals surface area contributed by atoms with E-state index >= 15 is 0 Å². The van der Waals surface area contributed by atoms with E-state index in [1.807, 2.05) is 16.7 Å². The number of rotatable bonds is 6. The molecular weight excluding hydrogens is 278 g/mol. The second kappa shape index (κ2) is 6.50. The van der Waals surface area contributed by atoms with Gasteiger partial charge in [0, 0.05) is 31.2 Å². The van der Waals surface area contributed by atoms with Crippen molar-refractivity contribution in [1.82, 2.24) is 9.47 Å². The van der Waals surface area contributed by atoms with Gasteiger partial charge in [0.05, 0.1) is 11.1 Å². The normalized spacial score (nSPS) is 15.7. The van der Waals surface area contributed by atoms with Crippen molar-refractivity contribution in [2.45, 2.75) is 25.8 Å². The molecule has 1 aromatic carbocycles. The Balaban J connectivity index is 1.95. The Bertz CT molecular complexity index is 672. The van der Waals surface area contributed by atoms with Crippen molar-refractivity contribution in [3.63, 3.8) is 0 Å². The molecule has 1 aliphatic rings. The van der Waals surface area contributed by atoms with Crippen LogP contribution in [0.4, 0.5) is 0 Å². The number of carboxylic acids is 1. The molecule has 3 rings (SSSR count). The van der Waals surface area contributed by atoms with Gasteiger partial charge in [0.2, 0.25) is 0 Å². The lowest BCUT2D eigenvalue weighted by atomic mass is 10.1. The van der Waals surface area contributed by atoms with E-state index in [4.69, 9.17) is 5.73 Å². The Morgan fingerprint density at radius 3 is 2.68 bits per heavy atom. The fourth-order valence-electron chi connectivity index (χ4n) is 3.41. The molecule has 22 heavy (non-hydrogen) atoms. The fourth-order valence-corrected chi connectivity index (χ4v) is 3.41. The molecule has 2 heterocycles. The second-order valence-corrected chi connectivity index (χ2v) is 5.94. The first-order valence-corrected chi connectivity index (χ1v) is 7.97. The molecule has 1 fully saturated rings. The first kappa shape index (κ1) is 15.1. The van der Waals surface area contributed by atoms with E-state index in [1.165, 1.54) is 31.5 Å². The van der Waals surface area contributed by atoms with Gasteiger partial charge in [0.1, 0.15) is 0 Å². The molecule has 5 nitrogen and oxygen atoms in total. The summed E-state index contributed by atoms with van der Waals surface area (Å²) in [6.07, 6.45) is 5.62. The number of hydrogen-bond acceptors (Lipinski definition) is 3. The zero-order valence-corrected chi connectivity index (χ0v) is 12.8. The van der Waals surface area contributed by atoms with Crippen LogP contribution in [0.25, 0.3) is 10.9 Å². The van der Waals surface area contributed by atoms with Gasteiger partial charge in [-0.2, -0.15) is 0 Å². The molecule has 0 aliphatic carbocycles. The van der Waals surface area contributed by atoms with Crippen molar-refractivity contribution >= 4 is 16.9 Å². The van der Waals surface area contributed by atoms with Gasteiger partial charge in [-0.15, -0.1) is 0 Å². The number of aromatic carboxylic acids is 1. The van der Waals surface area contributed by atoms with Crippen LogP contribution in [0.2, 0.25) is 0 Å². The maximum absolute atomic E-state index is 11.5. The molecule has 0 unspecified atom stereocenters. The topological polar surface area (TPSA) is 71.5 Å². The summed E-state index contributed by atoms with van der Waals surface area (Å²) in [5.41, 5.74) is 8.07. The summed E-state index contributed by atoms with van der Waals surface area (Å²) in [7, 11) is 0. The number of fused-ring (bicyclic) bond motifs is 1. The molecule has 1 saturated heterocycles. The van der Waals surface area contributed by atoms with Crippen LogP contribution in [0.15, 0.2) is 24.4 Å². The monoisotopic (exact) mass is 301 g/mol. The van der Waals surface area contributed by atoms with E-state index in [2.05, 4.69) is 11.1 Å². The molecule has 0 amide bonds. The number of nitrogens with two attached hydrogens (primary N) is 1. The zero-order chi connectivity index (χ0) is 15.5. The lowest BCUT2D eigenvalue weighted by molar-refractivity contribution is 0.0698. The van der Waals surface area contributed by atoms with E-state index in [9.17, 15) is 9.90 Å². The first-order valence-electron chi connectivity index (χ1n) is 7.97. The van der Waals surface area contributed by atoms with Crippen molar-refractivity contribution < 1.29 is 9.90 Å². The van der Waals surface area contributed by atoms with Crippen molar-refractivity contribution in [3.8, 4) is 0 Å². The highest BCUT2D eigenvalue weighted by atomic mass is 16.4. The summed E-state index contributed by atoms with van der Waals surface area (Å²) in [6.45, 7) is 4.55. The highest BCUT2D eigenvalue weighted by Crippen LogP contribution is 2.26. The molecule has 0 radical (unpaired) electrons. The molecule has 2 aromatic rings. The zero-order valence-electron chi connectivity index (χ0n) is 12.8. The highest BCUT2D eigenvalue weighted by molar-refractivity contribution is 6.03. The molecule has 3 N–H and O–H groups in total. The van der Waals surface area contributed by atoms with E-state index in [-0.39, 0.29) is 0 Å². The number of para-hydroxylation sites is 1. The summed E-state index contributed by atoms with van der Waals surface area (Å²) in [4.78, 5) is 14.0. The minimum Gasteiger partial charge on any atom is -0.478 e. The van der Waals surface area contributed by atoms with E-state index in [0.29, 0.717) is 18.7 Å². The average molecular weight is 301 g/mol. The molecule has 0 spiro atoms. The molecule has 0 saturated carbocycles. The summed E-state index contributed by atoms with van der Waals surface area (Å²) in [6, 6.07) is 5.52. The number of aromatic nitrogens is 1. The minimum absolute atomic E-state index is 0.360. The number of likely N-dealkylation sites (tertiary alicyclic amines) is 1. The van der Waals surface area contributed by atoms with Crippen LogP contribution in [0, 0.1) is 0 Å². The summed E-state index contributed by atoms with van der Waals surface area (Å²) < 4.78 is 2.00. The predicted molar refractivity (Wildman–Crippen MR) is 87.3 cm³/mol. The lowest BCUT2D eigenvalue weighted by Gasteiger charge is -2.13. The smallest absolute Gasteiger partial charge is 0.337 e. The van der Waals surface area contributed by atoms with Gasteiger partial charge in [-0.3, -0.25) is 0 Å². The highest BCUT2D eigenvalue weighted by Gasteiger charge is 2.17. The van der Waals surface area contributed by atoms with Crippen molar-refractivity contribution in [2.24, 2.45) is 5.73 Å². The quantitative estimate of drug-likeness (QED) is 0.855. The van der Waals surface area contributed by atoms with Gasteiger partial charge in [-0.1, -0.05) is 12.1 Å². The number of benzene rings is 1. The molecule has 118 valence electrons. The standard InChI is InChI=1S/C17H23N3O2/c18-7-11-20-12-13(6-10-19-8-1-2-9-19)14-4-3-5-15(16(14)20)17(21)22/h3-5,12H,1-2,6-11,18H2,(H,21,22). The summed E-state index contributed by atoms with van der Waals surface area (Å²) in [5.74, 6) is -0.881. The predicted octanol–water partition coefficient (Wildman–Crippen LogP) is 1.94. The van der Waals surface area contributed by atoms with Gasteiger partial charge in [0.25, 0.3) is 0 Å². The number of carbonyl (C=O) groups is 1. The fraction of sp³-hybridized carbons (Fsp3) is 0.471. The third kappa shape index (κ3) is 2.87. The van der Waals surface area contributed by atoms with Gasteiger partial charge >= 0.3 is 5.97 Å². The van der Waals surface area contributed by atoms with Crippen LogP contribution in [0.5, 0.6) is 0 Å². The van der Waals surface area contributed by atoms with Gasteiger partial charge in [0.15, 0.2) is 0 Å². The molecule has 1 aromatic heterocycles. The molecule has 5 heteroatoms. The second-order valence-electron chi connectivity index (χ2n) is 5.94. The van der Waals surface area contributed by atoms with Crippen molar-refractivity contribution in [3.05, 3.63) is 35.5 Å². The first-order chi connectivity index (χ1) is 10.7. The largest absolute Gasteiger partial charge is 0.478 e. The van der Waals surface area contributed by atoms with Crippen LogP contribution in [-0.2, 0) is 13.0 Å². The van der Waals surface area contributed by atoms with E-state index < -0.39 is 5.97 Å². The lowest BCUT2D eigenvalue weighted by Crippen LogP contribution is -2.21. The van der Waals surface area contributed by atoms with E-state index in [0.717, 1.165) is 23.9 Å². The summed E-state index contributed by atoms with van der Waals surface area (Å²) in [5, 5.41) is 10.5. The van der Waals surface area contributed by atoms with E-state index in [1.54, 1.807) is 6.07 Å². The Kier molecular flexibility index (Phi) is 4.45. The van der Waals surface area contributed by atoms with Gasteiger partial charge in [-0.05, 0) is 44.0 Å². The van der Waals surface area contributed by atoms with Gasteiger partial charge < -0.3 is 20.3 Å². The van der Waals surface area contributed by atoms with Crippen LogP contribution >= 0.6 is 0 Å². The van der Waals surface area contributed by atoms with Crippen molar-refractivity contribution in [1.29, 1.82) is 0 Å². The molecule has 1 aliphatic heterocycles. The third-order valence-electron chi connectivity index (χ3n) is 4.48. The average Bonchev–Trinajstić information content (AvgIpc) is 3.13. The summed E-state index contributed by atoms with van der Waals surface area (Å²) >= 11 is 0. The van der Waals surface area contributed by atoms with Crippen molar-refractivity contribution in [2.75, 3.05) is 26.2 Å². The van der Waals surface area contributed by atoms with Crippen LogP contribution in [-0.4, -0.2) is 46.7 Å². The maximum atomic E-state index is 11.5. The van der Waals surface area contributed by atoms with Crippen LogP contribution < -0.4 is 5.73 Å². The Labute approximate surface area is 130 Å². The molecule has 0 bridgehead atoms. The maximum Gasteiger partial charge on any atom is 0.337 e. The Hall–Kier alpha value is -1.85.